The fraction of sp³-hybridized carbons (Fsp3) is 0.500. The predicted octanol–water partition coefficient (Wildman–Crippen LogP) is -3.29. The zero-order valence-corrected chi connectivity index (χ0v) is 17.6. The van der Waals surface area contributed by atoms with Crippen molar-refractivity contribution in [1.29, 1.82) is 0 Å². The van der Waals surface area contributed by atoms with Crippen molar-refractivity contribution in [2.75, 3.05) is 26.2 Å². The number of hydrogen-bond acceptors (Lipinski definition) is 6. The van der Waals surface area contributed by atoms with Crippen molar-refractivity contribution in [2.24, 2.45) is 9.98 Å². The molecule has 14 heteroatoms. The summed E-state index contributed by atoms with van der Waals surface area (Å²) in [5.41, 5.74) is 12.9. The Morgan fingerprint density at radius 2 is 1.09 bits per heavy atom. The van der Waals surface area contributed by atoms with Gasteiger partial charge >= 0.3 is 66.4 Å². The summed E-state index contributed by atoms with van der Waals surface area (Å²) >= 11 is 2.32. The molecule has 0 aromatic carbocycles. The van der Waals surface area contributed by atoms with Gasteiger partial charge in [-0.1, -0.05) is 11.8 Å². The minimum Gasteiger partial charge on any atom is -0.863 e. The molecule has 0 fully saturated rings. The second-order valence-corrected chi connectivity index (χ2v) is 2.62. The quantitative estimate of drug-likeness (QED) is 0.169. The van der Waals surface area contributed by atoms with Crippen LogP contribution in [-0.4, -0.2) is 95.3 Å². The number of carbonyl (C=O) groups is 2. The Kier molecular flexibility index (Phi) is 34.5. The monoisotopic (exact) mass is 470 g/mol. The molecule has 0 amide bonds. The van der Waals surface area contributed by atoms with Gasteiger partial charge in [-0.15, -0.1) is 13.1 Å². The first-order valence-corrected chi connectivity index (χ1v) is 11.3. The van der Waals surface area contributed by atoms with Gasteiger partial charge in [0.25, 0.3) is 0 Å². The third kappa shape index (κ3) is 36.7. The van der Waals surface area contributed by atoms with Crippen LogP contribution in [0.2, 0.25) is 0 Å². The van der Waals surface area contributed by atoms with E-state index >= 15 is 0 Å². The molecule has 0 rings (SSSR count). The van der Waals surface area contributed by atoms with Gasteiger partial charge in [-0.3, -0.25) is 9.98 Å². The largest absolute Gasteiger partial charge is 0.863 e. The maximum Gasteiger partial charge on any atom is 0.537 e. The van der Waals surface area contributed by atoms with E-state index in [-0.39, 0.29) is 0 Å². The molecule has 0 spiro atoms. The van der Waals surface area contributed by atoms with E-state index in [1.807, 2.05) is 0 Å². The van der Waals surface area contributed by atoms with E-state index in [0.29, 0.717) is 0 Å². The standard InChI is InChI=1S/2C4H7N2O3.2ClH.2Ga/c2*5-1-3(7)6-2-4(8)9;;;;/h2*5H,1-2H2,(H,6,7)(H,8,9);2*1H;;/q2*-1;;;2*+1/p-2. The number of carbonyl (C=O) groups excluding carboxylic acids is 2. The maximum atomic E-state index is 10.1. The summed E-state index contributed by atoms with van der Waals surface area (Å²) in [6.07, 6.45) is 0. The SMILES string of the molecule is [Cl][Ga].[Cl][Ga].[NH-]CC([O-])=NCC(=O)[OH2+].[NH-]CC([O-])=NCC(=O)[OH2+]. The first-order valence-electron chi connectivity index (χ1n) is 4.95. The molecule has 0 aromatic heterocycles. The number of nitrogens with one attached hydrogen (secondary N) is 2. The zero-order valence-electron chi connectivity index (χ0n) is 11.3. The second-order valence-electron chi connectivity index (χ2n) is 2.62. The molecule has 0 aliphatic carbocycles. The van der Waals surface area contributed by atoms with Crippen LogP contribution in [0.1, 0.15) is 0 Å². The predicted molar refractivity (Wildman–Crippen MR) is 83.4 cm³/mol. The summed E-state index contributed by atoms with van der Waals surface area (Å²) in [7, 11) is 9.40. The maximum absolute atomic E-state index is 10.1. The minimum absolute atomic E-state index is 0.419. The number of aliphatic imine (C=N–C) groups is 2. The summed E-state index contributed by atoms with van der Waals surface area (Å²) in [4.78, 5) is 25.8. The molecule has 4 radical (unpaired) electrons. The average Bonchev–Trinajstić information content (AvgIpc) is 2.54. The van der Waals surface area contributed by atoms with Crippen molar-refractivity contribution in [3.05, 3.63) is 11.5 Å². The molecule has 10 nitrogen and oxygen atoms in total. The average molecular weight is 473 g/mol. The van der Waals surface area contributed by atoms with Crippen LogP contribution >= 0.6 is 19.3 Å². The van der Waals surface area contributed by atoms with Gasteiger partial charge in [0.1, 0.15) is 0 Å². The van der Waals surface area contributed by atoms with Gasteiger partial charge in [0.05, 0.1) is 0 Å². The van der Waals surface area contributed by atoms with E-state index in [2.05, 4.69) is 9.98 Å². The first-order chi connectivity index (χ1) is 10.3. The summed E-state index contributed by atoms with van der Waals surface area (Å²) in [5.74, 6) is -3.13. The number of halogens is 2. The van der Waals surface area contributed by atoms with Crippen LogP contribution < -0.4 is 10.2 Å². The van der Waals surface area contributed by atoms with Crippen LogP contribution in [-0.2, 0) is 9.59 Å². The first kappa shape index (κ1) is 29.6. The third-order valence-electron chi connectivity index (χ3n) is 1.10. The number of rotatable bonds is 6. The van der Waals surface area contributed by atoms with Gasteiger partial charge in [-0.05, 0) is 0 Å². The Balaban J connectivity index is -0.000000120. The van der Waals surface area contributed by atoms with E-state index < -0.39 is 49.9 Å². The molecule has 0 atom stereocenters. The van der Waals surface area contributed by atoms with Crippen LogP contribution in [0.3, 0.4) is 0 Å². The van der Waals surface area contributed by atoms with Crippen LogP contribution in [0.5, 0.6) is 0 Å². The van der Waals surface area contributed by atoms with Gasteiger partial charge < -0.3 is 31.9 Å². The molecule has 22 heavy (non-hydrogen) atoms. The van der Waals surface area contributed by atoms with Gasteiger partial charge in [-0.25, -0.2) is 0 Å². The Morgan fingerprint density at radius 1 is 0.864 bits per heavy atom. The fourth-order valence-corrected chi connectivity index (χ4v) is 0.432. The van der Waals surface area contributed by atoms with Crippen LogP contribution in [0, 0.1) is 0 Å². The normalized spacial score (nSPS) is 9.82. The number of nitrogens with zero attached hydrogens (tertiary/aromatic N) is 2. The molecule has 0 saturated carbocycles. The molecule has 0 saturated heterocycles. The summed E-state index contributed by atoms with van der Waals surface area (Å²) in [6.45, 7) is -1.74. The zero-order chi connectivity index (χ0) is 18.6. The molecule has 0 heterocycles. The van der Waals surface area contributed by atoms with Crippen molar-refractivity contribution >= 4 is 78.2 Å². The molecule has 0 aliphatic heterocycles. The molecule has 0 aromatic rings. The van der Waals surface area contributed by atoms with Gasteiger partial charge in [-0.2, -0.15) is 0 Å². The van der Waals surface area contributed by atoms with Gasteiger partial charge in [0, 0.05) is 9.59 Å². The topological polar surface area (TPSA) is 198 Å². The molecular weight excluding hydrogens is 458 g/mol. The van der Waals surface area contributed by atoms with Crippen molar-refractivity contribution < 1.29 is 30.0 Å². The van der Waals surface area contributed by atoms with Crippen molar-refractivity contribution in [2.45, 2.75) is 0 Å². The van der Waals surface area contributed by atoms with Crippen LogP contribution in [0.4, 0.5) is 0 Å². The smallest absolute Gasteiger partial charge is 0.537 e. The second kappa shape index (κ2) is 25.6. The van der Waals surface area contributed by atoms with E-state index in [0.717, 1.165) is 35.2 Å². The van der Waals surface area contributed by atoms with Crippen LogP contribution in [0.15, 0.2) is 9.98 Å². The molecule has 0 aliphatic rings. The Bertz CT molecular complexity index is 315. The number of hydrogen-bond donors (Lipinski definition) is 0. The van der Waals surface area contributed by atoms with Gasteiger partial charge in [0.15, 0.2) is 13.1 Å². The van der Waals surface area contributed by atoms with E-state index in [9.17, 15) is 19.8 Å². The Labute approximate surface area is 155 Å². The Morgan fingerprint density at radius 3 is 1.23 bits per heavy atom. The molecule has 6 N–H and O–H groups in total. The van der Waals surface area contributed by atoms with E-state index in [1.54, 1.807) is 0 Å². The minimum atomic E-state index is -0.906. The molecule has 0 bridgehead atoms. The molecule has 0 unspecified atom stereocenters. The Hall–Kier alpha value is -0.347. The third-order valence-corrected chi connectivity index (χ3v) is 1.10. The van der Waals surface area contributed by atoms with Gasteiger partial charge in [0.2, 0.25) is 0 Å². The van der Waals surface area contributed by atoms with Crippen molar-refractivity contribution in [3.63, 3.8) is 0 Å². The summed E-state index contributed by atoms with van der Waals surface area (Å²) in [5, 5.41) is 32.9. The fourth-order valence-electron chi connectivity index (χ4n) is 0.432. The molecular formula is C8H14Cl2Ga2N4O6-2. The molecule has 124 valence electrons. The summed E-state index contributed by atoms with van der Waals surface area (Å²) < 4.78 is 0. The van der Waals surface area contributed by atoms with Crippen molar-refractivity contribution in [3.8, 4) is 0 Å². The van der Waals surface area contributed by atoms with Crippen molar-refractivity contribution in [1.82, 2.24) is 0 Å². The van der Waals surface area contributed by atoms with E-state index in [1.165, 1.54) is 0 Å². The van der Waals surface area contributed by atoms with E-state index in [4.69, 9.17) is 41.0 Å². The summed E-state index contributed by atoms with van der Waals surface area (Å²) in [6, 6.07) is 0. The van der Waals surface area contributed by atoms with Crippen LogP contribution in [0.25, 0.3) is 11.5 Å².